The average Bonchev–Trinajstić information content (AvgIpc) is 2.71. The van der Waals surface area contributed by atoms with Crippen LogP contribution in [0.1, 0.15) is 50.8 Å². The zero-order valence-electron chi connectivity index (χ0n) is 10.9. The highest BCUT2D eigenvalue weighted by Gasteiger charge is 2.17. The third-order valence-electron chi connectivity index (χ3n) is 4.00. The van der Waals surface area contributed by atoms with Crippen molar-refractivity contribution in [3.63, 3.8) is 0 Å². The summed E-state index contributed by atoms with van der Waals surface area (Å²) >= 11 is 0. The molecule has 3 heteroatoms. The van der Waals surface area contributed by atoms with Crippen molar-refractivity contribution >= 4 is 0 Å². The zero-order chi connectivity index (χ0) is 11.9. The van der Waals surface area contributed by atoms with E-state index in [9.17, 15) is 0 Å². The number of aromatic amines is 1. The van der Waals surface area contributed by atoms with E-state index in [4.69, 9.17) is 0 Å². The standard InChI is InChI=1S/C14H25N3/c1-15-13(11-14-16-8-9-17-14)10-12-6-4-2-3-5-7-12/h8-9,12-13,15H,2-7,10-11H2,1H3,(H,16,17). The molecule has 1 fully saturated rings. The summed E-state index contributed by atoms with van der Waals surface area (Å²) < 4.78 is 0. The number of hydrogen-bond acceptors (Lipinski definition) is 2. The molecule has 1 atom stereocenters. The maximum Gasteiger partial charge on any atom is 0.107 e. The number of H-pyrrole nitrogens is 1. The van der Waals surface area contributed by atoms with Crippen LogP contribution in [0.3, 0.4) is 0 Å². The third kappa shape index (κ3) is 4.15. The highest BCUT2D eigenvalue weighted by Crippen LogP contribution is 2.26. The number of likely N-dealkylation sites (N-methyl/N-ethyl adjacent to an activating group) is 1. The minimum atomic E-state index is 0.573. The Kier molecular flexibility index (Phi) is 5.05. The van der Waals surface area contributed by atoms with Gasteiger partial charge in [-0.25, -0.2) is 4.98 Å². The predicted molar refractivity (Wildman–Crippen MR) is 70.9 cm³/mol. The highest BCUT2D eigenvalue weighted by atomic mass is 14.9. The third-order valence-corrected chi connectivity index (χ3v) is 4.00. The second-order valence-electron chi connectivity index (χ2n) is 5.32. The Bertz CT molecular complexity index is 286. The molecule has 1 aromatic heterocycles. The molecule has 96 valence electrons. The first kappa shape index (κ1) is 12.6. The number of rotatable bonds is 5. The Labute approximate surface area is 104 Å². The molecule has 1 unspecified atom stereocenters. The maximum absolute atomic E-state index is 4.32. The van der Waals surface area contributed by atoms with E-state index in [0.29, 0.717) is 6.04 Å². The van der Waals surface area contributed by atoms with Crippen LogP contribution in [-0.4, -0.2) is 23.1 Å². The topological polar surface area (TPSA) is 40.7 Å². The van der Waals surface area contributed by atoms with Gasteiger partial charge in [-0.1, -0.05) is 38.5 Å². The monoisotopic (exact) mass is 235 g/mol. The van der Waals surface area contributed by atoms with Gasteiger partial charge in [0.2, 0.25) is 0 Å². The molecule has 3 nitrogen and oxygen atoms in total. The van der Waals surface area contributed by atoms with Crippen molar-refractivity contribution in [3.8, 4) is 0 Å². The summed E-state index contributed by atoms with van der Waals surface area (Å²) in [7, 11) is 2.07. The summed E-state index contributed by atoms with van der Waals surface area (Å²) in [6, 6.07) is 0.573. The lowest BCUT2D eigenvalue weighted by atomic mass is 9.91. The van der Waals surface area contributed by atoms with Crippen LogP contribution in [-0.2, 0) is 6.42 Å². The van der Waals surface area contributed by atoms with Crippen molar-refractivity contribution in [1.29, 1.82) is 0 Å². The molecular formula is C14H25N3. The van der Waals surface area contributed by atoms with Crippen LogP contribution in [0.5, 0.6) is 0 Å². The Balaban J connectivity index is 1.81. The Hall–Kier alpha value is -0.830. The second kappa shape index (κ2) is 6.80. The van der Waals surface area contributed by atoms with Gasteiger partial charge in [-0.3, -0.25) is 0 Å². The summed E-state index contributed by atoms with van der Waals surface area (Å²) in [6.07, 6.45) is 14.7. The maximum atomic E-state index is 4.32. The highest BCUT2D eigenvalue weighted by molar-refractivity contribution is 4.91. The van der Waals surface area contributed by atoms with Crippen LogP contribution >= 0.6 is 0 Å². The van der Waals surface area contributed by atoms with E-state index >= 15 is 0 Å². The molecule has 1 aliphatic rings. The van der Waals surface area contributed by atoms with E-state index in [1.54, 1.807) is 0 Å². The molecule has 1 aromatic rings. The number of imidazole rings is 1. The first-order valence-electron chi connectivity index (χ1n) is 7.04. The average molecular weight is 235 g/mol. The number of nitrogens with one attached hydrogen (secondary N) is 2. The van der Waals surface area contributed by atoms with Crippen LogP contribution in [0.25, 0.3) is 0 Å². The molecule has 0 aliphatic heterocycles. The summed E-state index contributed by atoms with van der Waals surface area (Å²) in [4.78, 5) is 7.52. The molecule has 1 heterocycles. The molecular weight excluding hydrogens is 210 g/mol. The lowest BCUT2D eigenvalue weighted by Crippen LogP contribution is -2.30. The Morgan fingerprint density at radius 3 is 2.71 bits per heavy atom. The van der Waals surface area contributed by atoms with E-state index in [2.05, 4.69) is 22.3 Å². The SMILES string of the molecule is CNC(Cc1ncc[nH]1)CC1CCCCCC1. The van der Waals surface area contributed by atoms with Gasteiger partial charge in [0.05, 0.1) is 0 Å². The van der Waals surface area contributed by atoms with Gasteiger partial charge in [0.25, 0.3) is 0 Å². The quantitative estimate of drug-likeness (QED) is 0.770. The minimum absolute atomic E-state index is 0.573. The molecule has 1 saturated carbocycles. The molecule has 0 radical (unpaired) electrons. The number of aromatic nitrogens is 2. The predicted octanol–water partition coefficient (Wildman–Crippen LogP) is 2.90. The van der Waals surface area contributed by atoms with E-state index < -0.39 is 0 Å². The summed E-state index contributed by atoms with van der Waals surface area (Å²) in [5, 5.41) is 3.45. The summed E-state index contributed by atoms with van der Waals surface area (Å²) in [5.74, 6) is 2.03. The Morgan fingerprint density at radius 1 is 1.35 bits per heavy atom. The van der Waals surface area contributed by atoms with Gasteiger partial charge in [0, 0.05) is 24.9 Å². The molecule has 2 rings (SSSR count). The van der Waals surface area contributed by atoms with Crippen LogP contribution in [0, 0.1) is 5.92 Å². The molecule has 2 N–H and O–H groups in total. The van der Waals surface area contributed by atoms with Gasteiger partial charge in [-0.15, -0.1) is 0 Å². The largest absolute Gasteiger partial charge is 0.349 e. The van der Waals surface area contributed by atoms with Crippen molar-refractivity contribution in [2.75, 3.05) is 7.05 Å². The fraction of sp³-hybridized carbons (Fsp3) is 0.786. The van der Waals surface area contributed by atoms with Crippen molar-refractivity contribution < 1.29 is 0 Å². The van der Waals surface area contributed by atoms with Crippen molar-refractivity contribution in [2.45, 2.75) is 57.4 Å². The van der Waals surface area contributed by atoms with Gasteiger partial charge in [-0.05, 0) is 19.4 Å². The normalized spacial score (nSPS) is 20.1. The molecule has 0 bridgehead atoms. The molecule has 17 heavy (non-hydrogen) atoms. The van der Waals surface area contributed by atoms with E-state index in [0.717, 1.165) is 18.2 Å². The van der Waals surface area contributed by atoms with Gasteiger partial charge in [0.15, 0.2) is 0 Å². The summed E-state index contributed by atoms with van der Waals surface area (Å²) in [6.45, 7) is 0. The number of hydrogen-bond donors (Lipinski definition) is 2. The van der Waals surface area contributed by atoms with Gasteiger partial charge >= 0.3 is 0 Å². The smallest absolute Gasteiger partial charge is 0.107 e. The first-order valence-corrected chi connectivity index (χ1v) is 7.04. The van der Waals surface area contributed by atoms with Crippen molar-refractivity contribution in [3.05, 3.63) is 18.2 Å². The van der Waals surface area contributed by atoms with E-state index in [-0.39, 0.29) is 0 Å². The second-order valence-corrected chi connectivity index (χ2v) is 5.32. The van der Waals surface area contributed by atoms with Gasteiger partial charge in [-0.2, -0.15) is 0 Å². The lowest BCUT2D eigenvalue weighted by molar-refractivity contribution is 0.359. The molecule has 0 amide bonds. The fourth-order valence-electron chi connectivity index (χ4n) is 2.95. The fourth-order valence-corrected chi connectivity index (χ4v) is 2.95. The van der Waals surface area contributed by atoms with Crippen LogP contribution < -0.4 is 5.32 Å². The van der Waals surface area contributed by atoms with Crippen LogP contribution in [0.2, 0.25) is 0 Å². The van der Waals surface area contributed by atoms with E-state index in [1.807, 2.05) is 12.4 Å². The van der Waals surface area contributed by atoms with E-state index in [1.165, 1.54) is 44.9 Å². The molecule has 0 spiro atoms. The summed E-state index contributed by atoms with van der Waals surface area (Å²) in [5.41, 5.74) is 0. The molecule has 0 saturated heterocycles. The van der Waals surface area contributed by atoms with Crippen molar-refractivity contribution in [2.24, 2.45) is 5.92 Å². The lowest BCUT2D eigenvalue weighted by Gasteiger charge is -2.21. The Morgan fingerprint density at radius 2 is 2.12 bits per heavy atom. The zero-order valence-corrected chi connectivity index (χ0v) is 10.9. The van der Waals surface area contributed by atoms with Crippen molar-refractivity contribution in [1.82, 2.24) is 15.3 Å². The first-order chi connectivity index (χ1) is 8.38. The molecule has 0 aromatic carbocycles. The minimum Gasteiger partial charge on any atom is -0.349 e. The van der Waals surface area contributed by atoms with Crippen LogP contribution in [0.4, 0.5) is 0 Å². The van der Waals surface area contributed by atoms with Crippen LogP contribution in [0.15, 0.2) is 12.4 Å². The van der Waals surface area contributed by atoms with Gasteiger partial charge in [0.1, 0.15) is 5.82 Å². The molecule has 1 aliphatic carbocycles. The van der Waals surface area contributed by atoms with Gasteiger partial charge < -0.3 is 10.3 Å². The number of nitrogens with zero attached hydrogens (tertiary/aromatic N) is 1.